The van der Waals surface area contributed by atoms with E-state index in [1.54, 1.807) is 6.92 Å². The number of sulfonamides is 1. The van der Waals surface area contributed by atoms with Crippen molar-refractivity contribution in [3.63, 3.8) is 0 Å². The number of ether oxygens (including phenoxy) is 1. The normalized spacial score (nSPS) is 19.8. The van der Waals surface area contributed by atoms with Gasteiger partial charge in [0, 0.05) is 31.7 Å². The molecule has 14 heteroatoms. The summed E-state index contributed by atoms with van der Waals surface area (Å²) in [4.78, 5) is 12.3. The van der Waals surface area contributed by atoms with Gasteiger partial charge in [-0.15, -0.1) is 11.3 Å². The minimum absolute atomic E-state index is 0.0172. The fourth-order valence-corrected chi connectivity index (χ4v) is 6.76. The van der Waals surface area contributed by atoms with Crippen molar-refractivity contribution in [1.82, 2.24) is 4.31 Å². The maximum atomic E-state index is 13.5. The second-order valence-corrected chi connectivity index (χ2v) is 10.6. The van der Waals surface area contributed by atoms with Crippen molar-refractivity contribution < 1.29 is 40.6 Å². The molecule has 2 heterocycles. The summed E-state index contributed by atoms with van der Waals surface area (Å²) in [6.45, 7) is 2.01. The molecule has 1 aliphatic heterocycles. The second kappa shape index (κ2) is 8.74. The van der Waals surface area contributed by atoms with E-state index in [1.807, 2.05) is 4.90 Å². The second-order valence-electron chi connectivity index (χ2n) is 7.42. The summed E-state index contributed by atoms with van der Waals surface area (Å²) in [5, 5.41) is 9.92. The van der Waals surface area contributed by atoms with Crippen LogP contribution in [0.4, 0.5) is 23.2 Å². The fourth-order valence-electron chi connectivity index (χ4n) is 3.60. The van der Waals surface area contributed by atoms with Gasteiger partial charge in [-0.2, -0.15) is 17.5 Å². The number of nitrogens with zero attached hydrogens (tertiary/aromatic N) is 2. The highest BCUT2D eigenvalue weighted by Gasteiger charge is 2.61. The van der Waals surface area contributed by atoms with Crippen LogP contribution < -0.4 is 15.4 Å². The number of amides is 1. The number of carbonyl (C=O) groups is 1. The van der Waals surface area contributed by atoms with E-state index in [0.29, 0.717) is 5.69 Å². The molecule has 0 radical (unpaired) electrons. The number of thiophene rings is 1. The zero-order valence-corrected chi connectivity index (χ0v) is 19.1. The Bertz CT molecular complexity index is 1150. The summed E-state index contributed by atoms with van der Waals surface area (Å²) in [6, 6.07) is 4.98. The molecule has 1 aromatic carbocycles. The van der Waals surface area contributed by atoms with Gasteiger partial charge in [0.2, 0.25) is 0 Å². The molecule has 1 saturated heterocycles. The zero-order valence-electron chi connectivity index (χ0n) is 17.5. The van der Waals surface area contributed by atoms with Crippen LogP contribution in [0.2, 0.25) is 0 Å². The van der Waals surface area contributed by atoms with Crippen molar-refractivity contribution in [3.8, 4) is 5.75 Å². The van der Waals surface area contributed by atoms with Crippen molar-refractivity contribution in [2.24, 2.45) is 5.73 Å². The van der Waals surface area contributed by atoms with E-state index in [-0.39, 0.29) is 36.7 Å². The lowest BCUT2D eigenvalue weighted by Gasteiger charge is -2.40. The van der Waals surface area contributed by atoms with E-state index < -0.39 is 48.7 Å². The predicted molar refractivity (Wildman–Crippen MR) is 112 cm³/mol. The first-order chi connectivity index (χ1) is 15.2. The molecule has 2 unspecified atom stereocenters. The van der Waals surface area contributed by atoms with E-state index in [1.165, 1.54) is 25.3 Å². The van der Waals surface area contributed by atoms with Crippen molar-refractivity contribution in [3.05, 3.63) is 41.0 Å². The lowest BCUT2D eigenvalue weighted by Crippen LogP contribution is -2.54. The maximum absolute atomic E-state index is 13.5. The highest BCUT2D eigenvalue weighted by Crippen LogP contribution is 2.43. The molecular weight excluding hydrogens is 490 g/mol. The Morgan fingerprint density at radius 2 is 1.91 bits per heavy atom. The number of carbonyl (C=O) groups excluding carboxylic acids is 1. The number of benzene rings is 1. The molecular formula is C19H21F4N3O5S2. The van der Waals surface area contributed by atoms with Gasteiger partial charge < -0.3 is 20.5 Å². The summed E-state index contributed by atoms with van der Waals surface area (Å²) >= 11 is 0.127. The van der Waals surface area contributed by atoms with Crippen LogP contribution in [0.5, 0.6) is 5.75 Å². The third-order valence-electron chi connectivity index (χ3n) is 5.32. The molecule has 1 aliphatic rings. The summed E-state index contributed by atoms with van der Waals surface area (Å²) in [6.07, 6.45) is -5.43. The average molecular weight is 512 g/mol. The number of piperazine rings is 1. The standard InChI is InChI=1S/C19H21F4N3O5S2/c1-11-10-25(13-4-3-12(20)9-14(13)31-2)7-8-26(11)33(29,30)16-6-5-15(32-16)18(28,17(24)27)19(21,22)23/h3-6,9,11,28H,7-8,10H2,1-2H3,(H2,24,27). The SMILES string of the molecule is COc1cc(F)ccc1N1CCN(S(=O)(=O)c2ccc(C(O)(C(N)=O)C(F)(F)F)s2)C(C)C1. The summed E-state index contributed by atoms with van der Waals surface area (Å²) < 4.78 is 85.5. The molecule has 182 valence electrons. The average Bonchev–Trinajstić information content (AvgIpc) is 3.23. The summed E-state index contributed by atoms with van der Waals surface area (Å²) in [5.41, 5.74) is 1.34. The minimum Gasteiger partial charge on any atom is -0.494 e. The van der Waals surface area contributed by atoms with Crippen LogP contribution in [0.15, 0.2) is 34.5 Å². The van der Waals surface area contributed by atoms with Gasteiger partial charge in [0.25, 0.3) is 21.5 Å². The van der Waals surface area contributed by atoms with Gasteiger partial charge in [0.15, 0.2) is 0 Å². The molecule has 33 heavy (non-hydrogen) atoms. The summed E-state index contributed by atoms with van der Waals surface area (Å²) in [7, 11) is -2.87. The number of anilines is 1. The van der Waals surface area contributed by atoms with Gasteiger partial charge in [-0.05, 0) is 31.2 Å². The highest BCUT2D eigenvalue weighted by atomic mass is 32.2. The number of halogens is 4. The van der Waals surface area contributed by atoms with E-state index in [4.69, 9.17) is 10.5 Å². The number of aliphatic hydroxyl groups is 1. The van der Waals surface area contributed by atoms with Crippen LogP contribution in [0.3, 0.4) is 0 Å². The van der Waals surface area contributed by atoms with Crippen LogP contribution in [-0.4, -0.2) is 62.7 Å². The van der Waals surface area contributed by atoms with Crippen LogP contribution >= 0.6 is 11.3 Å². The van der Waals surface area contributed by atoms with E-state index in [9.17, 15) is 35.9 Å². The Kier molecular flexibility index (Phi) is 6.68. The van der Waals surface area contributed by atoms with Gasteiger partial charge >= 0.3 is 6.18 Å². The van der Waals surface area contributed by atoms with E-state index >= 15 is 0 Å². The Morgan fingerprint density at radius 1 is 1.24 bits per heavy atom. The Morgan fingerprint density at radius 3 is 2.45 bits per heavy atom. The number of hydrogen-bond acceptors (Lipinski definition) is 7. The third-order valence-corrected chi connectivity index (χ3v) is 8.99. The molecule has 3 rings (SSSR count). The molecule has 1 fully saturated rings. The highest BCUT2D eigenvalue weighted by molar-refractivity contribution is 7.91. The summed E-state index contributed by atoms with van der Waals surface area (Å²) in [5.74, 6) is -2.27. The minimum atomic E-state index is -5.43. The molecule has 1 aromatic heterocycles. The number of alkyl halides is 3. The molecule has 0 bridgehead atoms. The maximum Gasteiger partial charge on any atom is 0.431 e. The molecule has 0 spiro atoms. The quantitative estimate of drug-likeness (QED) is 0.574. The Balaban J connectivity index is 1.86. The third kappa shape index (κ3) is 4.39. The zero-order chi connectivity index (χ0) is 24.8. The molecule has 3 N–H and O–H groups in total. The van der Waals surface area contributed by atoms with Crippen LogP contribution in [-0.2, 0) is 20.4 Å². The number of rotatable bonds is 6. The lowest BCUT2D eigenvalue weighted by molar-refractivity contribution is -0.254. The molecule has 1 amide bonds. The van der Waals surface area contributed by atoms with Crippen molar-refractivity contribution in [2.75, 3.05) is 31.6 Å². The van der Waals surface area contributed by atoms with E-state index in [2.05, 4.69) is 0 Å². The van der Waals surface area contributed by atoms with Gasteiger partial charge in [-0.1, -0.05) is 0 Å². The fraction of sp³-hybridized carbons (Fsp3) is 0.421. The van der Waals surface area contributed by atoms with Crippen LogP contribution in [0.1, 0.15) is 11.8 Å². The van der Waals surface area contributed by atoms with Crippen molar-refractivity contribution in [2.45, 2.75) is 29.0 Å². The number of methoxy groups -OCH3 is 1. The molecule has 2 atom stereocenters. The number of hydrogen-bond donors (Lipinski definition) is 2. The molecule has 2 aromatic rings. The molecule has 0 aliphatic carbocycles. The van der Waals surface area contributed by atoms with Crippen molar-refractivity contribution >= 4 is 33.0 Å². The topological polar surface area (TPSA) is 113 Å². The van der Waals surface area contributed by atoms with Crippen LogP contribution in [0, 0.1) is 5.82 Å². The number of nitrogens with two attached hydrogens (primary N) is 1. The van der Waals surface area contributed by atoms with E-state index in [0.717, 1.165) is 16.4 Å². The van der Waals surface area contributed by atoms with Gasteiger partial charge in [-0.25, -0.2) is 12.8 Å². The first-order valence-corrected chi connectivity index (χ1v) is 11.8. The first kappa shape index (κ1) is 25.2. The largest absolute Gasteiger partial charge is 0.494 e. The Hall–Kier alpha value is -2.42. The predicted octanol–water partition coefficient (Wildman–Crippen LogP) is 2.03. The smallest absolute Gasteiger partial charge is 0.431 e. The Labute approximate surface area is 191 Å². The van der Waals surface area contributed by atoms with Gasteiger partial charge in [0.1, 0.15) is 15.8 Å². The first-order valence-electron chi connectivity index (χ1n) is 9.53. The van der Waals surface area contributed by atoms with Crippen molar-refractivity contribution in [1.29, 1.82) is 0 Å². The number of primary amides is 1. The van der Waals surface area contributed by atoms with Crippen LogP contribution in [0.25, 0.3) is 0 Å². The van der Waals surface area contributed by atoms with Gasteiger partial charge in [0.05, 0.1) is 17.7 Å². The molecule has 8 nitrogen and oxygen atoms in total. The van der Waals surface area contributed by atoms with Gasteiger partial charge in [-0.3, -0.25) is 4.79 Å². The lowest BCUT2D eigenvalue weighted by atomic mass is 10.0. The monoisotopic (exact) mass is 511 g/mol. The molecule has 0 saturated carbocycles.